The van der Waals surface area contributed by atoms with Gasteiger partial charge in [-0.05, 0) is 62.2 Å². The lowest BCUT2D eigenvalue weighted by Crippen LogP contribution is -2.42. The summed E-state index contributed by atoms with van der Waals surface area (Å²) in [7, 11) is 0. The normalized spacial score (nSPS) is 15.5. The lowest BCUT2D eigenvalue weighted by molar-refractivity contribution is 0.182. The van der Waals surface area contributed by atoms with Crippen LogP contribution in [0.4, 0.5) is 0 Å². The number of likely N-dealkylation sites (tertiary alicyclic amines) is 1. The molecule has 0 saturated carbocycles. The molecule has 4 heterocycles. The summed E-state index contributed by atoms with van der Waals surface area (Å²) in [6.07, 6.45) is 8.55. The Morgan fingerprint density at radius 2 is 1.88 bits per heavy atom. The number of fused-ring (bicyclic) bond motifs is 2. The van der Waals surface area contributed by atoms with Gasteiger partial charge in [-0.15, -0.1) is 0 Å². The average molecular weight is 434 g/mol. The highest BCUT2D eigenvalue weighted by Crippen LogP contribution is 2.35. The third-order valence-corrected chi connectivity index (χ3v) is 6.11. The van der Waals surface area contributed by atoms with Crippen LogP contribution in [0.15, 0.2) is 68.7 Å². The fourth-order valence-electron chi connectivity index (χ4n) is 4.35. The van der Waals surface area contributed by atoms with Crippen LogP contribution in [0.3, 0.4) is 0 Å². The number of benzene rings is 1. The molecule has 0 atom stereocenters. The molecule has 1 saturated heterocycles. The van der Waals surface area contributed by atoms with Gasteiger partial charge in [-0.1, -0.05) is 0 Å². The monoisotopic (exact) mass is 433 g/mol. The SMILES string of the molecule is O=c1ccc2c(OCCCN3CCC(NCc4ccncc4)CC3)c3ccoc3cc2o1. The summed E-state index contributed by atoms with van der Waals surface area (Å²) in [5, 5.41) is 5.35. The number of ether oxygens (including phenoxy) is 1. The molecule has 0 amide bonds. The number of hydrogen-bond donors (Lipinski definition) is 1. The van der Waals surface area contributed by atoms with Crippen LogP contribution in [0.2, 0.25) is 0 Å². The first kappa shape index (κ1) is 20.7. The van der Waals surface area contributed by atoms with Crippen molar-refractivity contribution in [2.24, 2.45) is 0 Å². The molecule has 0 radical (unpaired) electrons. The molecule has 1 aromatic carbocycles. The van der Waals surface area contributed by atoms with Crippen LogP contribution in [0.5, 0.6) is 5.75 Å². The highest BCUT2D eigenvalue weighted by Gasteiger charge is 2.19. The van der Waals surface area contributed by atoms with E-state index in [1.54, 1.807) is 18.4 Å². The van der Waals surface area contributed by atoms with Gasteiger partial charge in [0.2, 0.25) is 0 Å². The quantitative estimate of drug-likeness (QED) is 0.333. The second-order valence-electron chi connectivity index (χ2n) is 8.26. The maximum Gasteiger partial charge on any atom is 0.336 e. The van der Waals surface area contributed by atoms with Gasteiger partial charge in [0.15, 0.2) is 0 Å². The van der Waals surface area contributed by atoms with E-state index in [-0.39, 0.29) is 5.63 Å². The second-order valence-corrected chi connectivity index (χ2v) is 8.26. The van der Waals surface area contributed by atoms with Gasteiger partial charge in [-0.25, -0.2) is 4.79 Å². The van der Waals surface area contributed by atoms with Crippen molar-refractivity contribution in [3.8, 4) is 5.75 Å². The summed E-state index contributed by atoms with van der Waals surface area (Å²) in [5.74, 6) is 0.717. The standard InChI is InChI=1S/C25H27N3O4/c29-24-3-2-20-23(32-24)16-22-21(8-15-30-22)25(20)31-14-1-11-28-12-6-19(7-13-28)27-17-18-4-9-26-10-5-18/h2-5,8-10,15-16,19,27H,1,6-7,11-14,17H2. The van der Waals surface area contributed by atoms with Gasteiger partial charge >= 0.3 is 5.63 Å². The fourth-order valence-corrected chi connectivity index (χ4v) is 4.35. The number of pyridine rings is 1. The molecule has 166 valence electrons. The zero-order valence-electron chi connectivity index (χ0n) is 18.0. The van der Waals surface area contributed by atoms with Crippen molar-refractivity contribution < 1.29 is 13.6 Å². The van der Waals surface area contributed by atoms with Gasteiger partial charge in [0.25, 0.3) is 0 Å². The molecule has 1 N–H and O–H groups in total. The molecule has 7 nitrogen and oxygen atoms in total. The molecule has 7 heteroatoms. The zero-order valence-corrected chi connectivity index (χ0v) is 18.0. The third kappa shape index (κ3) is 4.69. The lowest BCUT2D eigenvalue weighted by atomic mass is 10.0. The summed E-state index contributed by atoms with van der Waals surface area (Å²) in [5.41, 5.74) is 2.03. The Kier molecular flexibility index (Phi) is 6.18. The highest BCUT2D eigenvalue weighted by atomic mass is 16.5. The second kappa shape index (κ2) is 9.54. The number of piperidine rings is 1. The Labute approximate surface area is 186 Å². The van der Waals surface area contributed by atoms with Crippen LogP contribution in [-0.4, -0.2) is 42.2 Å². The molecule has 0 unspecified atom stereocenters. The van der Waals surface area contributed by atoms with Crippen LogP contribution in [0.25, 0.3) is 21.9 Å². The van der Waals surface area contributed by atoms with Gasteiger partial charge in [0.1, 0.15) is 16.9 Å². The van der Waals surface area contributed by atoms with Crippen molar-refractivity contribution >= 4 is 21.9 Å². The fraction of sp³-hybridized carbons (Fsp3) is 0.360. The molecule has 3 aromatic heterocycles. The van der Waals surface area contributed by atoms with E-state index in [9.17, 15) is 4.79 Å². The Bertz CT molecular complexity index is 1230. The molecule has 0 bridgehead atoms. The molecule has 1 aliphatic heterocycles. The highest BCUT2D eigenvalue weighted by molar-refractivity contribution is 6.01. The van der Waals surface area contributed by atoms with Gasteiger partial charge in [-0.3, -0.25) is 4.98 Å². The van der Waals surface area contributed by atoms with Crippen molar-refractivity contribution in [1.29, 1.82) is 0 Å². The summed E-state index contributed by atoms with van der Waals surface area (Å²) in [6, 6.07) is 11.5. The Balaban J connectivity index is 1.11. The summed E-state index contributed by atoms with van der Waals surface area (Å²) in [4.78, 5) is 18.2. The van der Waals surface area contributed by atoms with Crippen molar-refractivity contribution in [2.45, 2.75) is 31.8 Å². The molecule has 1 aliphatic rings. The molecular formula is C25H27N3O4. The Hall–Kier alpha value is -3.16. The molecule has 5 rings (SSSR count). The smallest absolute Gasteiger partial charge is 0.336 e. The van der Waals surface area contributed by atoms with E-state index in [4.69, 9.17) is 13.6 Å². The largest absolute Gasteiger partial charge is 0.492 e. The van der Waals surface area contributed by atoms with E-state index in [1.807, 2.05) is 18.5 Å². The van der Waals surface area contributed by atoms with E-state index in [1.165, 1.54) is 11.6 Å². The van der Waals surface area contributed by atoms with E-state index in [0.717, 1.165) is 56.2 Å². The lowest BCUT2D eigenvalue weighted by Gasteiger charge is -2.32. The first-order valence-electron chi connectivity index (χ1n) is 11.2. The van der Waals surface area contributed by atoms with Gasteiger partial charge in [-0.2, -0.15) is 0 Å². The molecular weight excluding hydrogens is 406 g/mol. The van der Waals surface area contributed by atoms with Gasteiger partial charge in [0.05, 0.1) is 23.6 Å². The number of rotatable bonds is 8. The molecule has 0 aliphatic carbocycles. The van der Waals surface area contributed by atoms with Crippen LogP contribution in [0, 0.1) is 0 Å². The number of nitrogens with zero attached hydrogens (tertiary/aromatic N) is 2. The molecule has 32 heavy (non-hydrogen) atoms. The van der Waals surface area contributed by atoms with E-state index in [0.29, 0.717) is 29.6 Å². The number of aromatic nitrogens is 1. The van der Waals surface area contributed by atoms with E-state index < -0.39 is 0 Å². The van der Waals surface area contributed by atoms with Crippen molar-refractivity contribution in [2.75, 3.05) is 26.2 Å². The zero-order chi connectivity index (χ0) is 21.8. The van der Waals surface area contributed by atoms with Gasteiger partial charge in [0, 0.05) is 43.7 Å². The summed E-state index contributed by atoms with van der Waals surface area (Å²) in [6.45, 7) is 4.69. The number of furan rings is 1. The van der Waals surface area contributed by atoms with Crippen molar-refractivity contribution in [3.05, 3.63) is 71.0 Å². The van der Waals surface area contributed by atoms with Gasteiger partial charge < -0.3 is 23.8 Å². The number of hydrogen-bond acceptors (Lipinski definition) is 7. The maximum atomic E-state index is 11.6. The topological polar surface area (TPSA) is 80.7 Å². The van der Waals surface area contributed by atoms with E-state index in [2.05, 4.69) is 27.3 Å². The van der Waals surface area contributed by atoms with E-state index >= 15 is 0 Å². The first-order valence-corrected chi connectivity index (χ1v) is 11.2. The third-order valence-electron chi connectivity index (χ3n) is 6.11. The summed E-state index contributed by atoms with van der Waals surface area (Å²) < 4.78 is 17.0. The minimum absolute atomic E-state index is 0.381. The van der Waals surface area contributed by atoms with Crippen molar-refractivity contribution in [3.63, 3.8) is 0 Å². The maximum absolute atomic E-state index is 11.6. The van der Waals surface area contributed by atoms with Crippen LogP contribution in [0.1, 0.15) is 24.8 Å². The van der Waals surface area contributed by atoms with Crippen LogP contribution >= 0.6 is 0 Å². The molecule has 0 spiro atoms. The molecule has 4 aromatic rings. The number of nitrogens with one attached hydrogen (secondary N) is 1. The summed E-state index contributed by atoms with van der Waals surface area (Å²) >= 11 is 0. The average Bonchev–Trinajstić information content (AvgIpc) is 3.29. The first-order chi connectivity index (χ1) is 15.8. The predicted molar refractivity (Wildman–Crippen MR) is 123 cm³/mol. The van der Waals surface area contributed by atoms with Crippen LogP contribution in [-0.2, 0) is 6.54 Å². The minimum atomic E-state index is -0.381. The minimum Gasteiger partial charge on any atom is -0.492 e. The van der Waals surface area contributed by atoms with Crippen molar-refractivity contribution in [1.82, 2.24) is 15.2 Å². The van der Waals surface area contributed by atoms with Crippen LogP contribution < -0.4 is 15.7 Å². The predicted octanol–water partition coefficient (Wildman–Crippen LogP) is 3.96. The Morgan fingerprint density at radius 3 is 2.72 bits per heavy atom. The Morgan fingerprint density at radius 1 is 1.06 bits per heavy atom. The molecule has 1 fully saturated rings.